The predicted molar refractivity (Wildman–Crippen MR) is 84.2 cm³/mol. The smallest absolute Gasteiger partial charge is 0.410 e. The molecular weight excluding hydrogens is 270 g/mol. The van der Waals surface area contributed by atoms with E-state index in [1.165, 1.54) is 0 Å². The van der Waals surface area contributed by atoms with E-state index in [1.807, 2.05) is 48.5 Å². The average Bonchev–Trinajstić information content (AvgIpc) is 2.24. The maximum Gasteiger partial charge on any atom is 0.410 e. The van der Waals surface area contributed by atoms with Gasteiger partial charge in [0.2, 0.25) is 5.91 Å². The van der Waals surface area contributed by atoms with Crippen molar-refractivity contribution < 1.29 is 14.3 Å². The van der Waals surface area contributed by atoms with Crippen molar-refractivity contribution >= 4 is 12.0 Å². The molecule has 0 saturated carbocycles. The summed E-state index contributed by atoms with van der Waals surface area (Å²) < 4.78 is 5.42. The van der Waals surface area contributed by atoms with Gasteiger partial charge in [-0.2, -0.15) is 0 Å². The van der Waals surface area contributed by atoms with Gasteiger partial charge in [0.1, 0.15) is 5.60 Å². The number of carbonyl (C=O) groups excluding carboxylic acids is 2. The minimum atomic E-state index is -0.519. The fourth-order valence-electron chi connectivity index (χ4n) is 1.67. The van der Waals surface area contributed by atoms with E-state index < -0.39 is 5.60 Å². The molecule has 21 heavy (non-hydrogen) atoms. The summed E-state index contributed by atoms with van der Waals surface area (Å²) in [5.74, 6) is -0.0444. The van der Waals surface area contributed by atoms with Crippen LogP contribution < -0.4 is 10.6 Å². The molecule has 0 atom stereocenters. The minimum absolute atomic E-state index is 0.0444. The average molecular weight is 301 g/mol. The van der Waals surface area contributed by atoms with Crippen LogP contribution in [0.5, 0.6) is 0 Å². The van der Waals surface area contributed by atoms with Gasteiger partial charge >= 0.3 is 6.09 Å². The molecule has 0 heterocycles. The maximum atomic E-state index is 12.2. The quantitative estimate of drug-likeness (QED) is 0.733. The third kappa shape index (κ3) is 9.28. The number of carbonyl (C=O) groups is 2. The number of nitrogens with zero attached hydrogens (tertiary/aromatic N) is 1. The van der Waals surface area contributed by atoms with Crippen molar-refractivity contribution in [3.8, 4) is 0 Å². The zero-order valence-electron chi connectivity index (χ0n) is 14.5. The summed E-state index contributed by atoms with van der Waals surface area (Å²) >= 11 is 0. The zero-order chi connectivity index (χ0) is 16.7. The van der Waals surface area contributed by atoms with Gasteiger partial charge in [-0.1, -0.05) is 0 Å². The molecule has 2 N–H and O–H groups in total. The first-order valence-corrected chi connectivity index (χ1v) is 7.45. The molecule has 0 aromatic heterocycles. The minimum Gasteiger partial charge on any atom is -0.444 e. The van der Waals surface area contributed by atoms with Gasteiger partial charge in [0, 0.05) is 25.2 Å². The predicted octanol–water partition coefficient (Wildman–Crippen LogP) is 1.75. The summed E-state index contributed by atoms with van der Waals surface area (Å²) in [5.41, 5.74) is -0.856. The second kappa shape index (κ2) is 8.22. The highest BCUT2D eigenvalue weighted by Crippen LogP contribution is 2.17. The van der Waals surface area contributed by atoms with Gasteiger partial charge in [0.25, 0.3) is 0 Å². The van der Waals surface area contributed by atoms with Crippen LogP contribution in [0.1, 0.15) is 48.5 Å². The van der Waals surface area contributed by atoms with Crippen LogP contribution in [0.25, 0.3) is 0 Å². The van der Waals surface area contributed by atoms with E-state index in [2.05, 4.69) is 10.6 Å². The van der Waals surface area contributed by atoms with Crippen molar-refractivity contribution in [1.82, 2.24) is 15.5 Å². The highest BCUT2D eigenvalue weighted by molar-refractivity contribution is 5.77. The Labute approximate surface area is 128 Å². The second-order valence-corrected chi connectivity index (χ2v) is 6.93. The molecule has 0 saturated heterocycles. The monoisotopic (exact) mass is 301 g/mol. The van der Waals surface area contributed by atoms with Gasteiger partial charge in [0.15, 0.2) is 0 Å². The van der Waals surface area contributed by atoms with E-state index in [1.54, 1.807) is 4.90 Å². The lowest BCUT2D eigenvalue weighted by Crippen LogP contribution is -2.50. The fraction of sp³-hybridized carbons (Fsp3) is 0.867. The Morgan fingerprint density at radius 2 is 1.67 bits per heavy atom. The van der Waals surface area contributed by atoms with Crippen molar-refractivity contribution in [3.05, 3.63) is 0 Å². The SMILES string of the molecule is CCNC(=O)CNCCN(C(=O)OC(C)(C)C)C(C)(C)C. The van der Waals surface area contributed by atoms with Crippen LogP contribution in [0.4, 0.5) is 4.79 Å². The van der Waals surface area contributed by atoms with Crippen molar-refractivity contribution in [2.45, 2.75) is 59.6 Å². The second-order valence-electron chi connectivity index (χ2n) is 6.93. The van der Waals surface area contributed by atoms with Crippen LogP contribution in [0.15, 0.2) is 0 Å². The number of hydrogen-bond acceptors (Lipinski definition) is 4. The van der Waals surface area contributed by atoms with E-state index in [-0.39, 0.29) is 24.1 Å². The van der Waals surface area contributed by atoms with Gasteiger partial charge in [-0.3, -0.25) is 4.79 Å². The molecule has 0 fully saturated rings. The molecule has 2 amide bonds. The molecule has 6 heteroatoms. The van der Waals surface area contributed by atoms with Gasteiger partial charge in [-0.05, 0) is 48.5 Å². The fourth-order valence-corrected chi connectivity index (χ4v) is 1.67. The summed E-state index contributed by atoms with van der Waals surface area (Å²) in [4.78, 5) is 25.2. The molecule has 0 aliphatic carbocycles. The molecular formula is C15H31N3O3. The van der Waals surface area contributed by atoms with E-state index in [0.717, 1.165) is 0 Å². The van der Waals surface area contributed by atoms with E-state index >= 15 is 0 Å². The highest BCUT2D eigenvalue weighted by atomic mass is 16.6. The summed E-state index contributed by atoms with van der Waals surface area (Å²) in [6.45, 7) is 15.2. The molecule has 124 valence electrons. The van der Waals surface area contributed by atoms with Crippen LogP contribution in [-0.4, -0.2) is 54.2 Å². The van der Waals surface area contributed by atoms with Crippen LogP contribution in [0.3, 0.4) is 0 Å². The Hall–Kier alpha value is -1.30. The first kappa shape index (κ1) is 19.7. The number of ether oxygens (including phenoxy) is 1. The Kier molecular flexibility index (Phi) is 7.71. The Morgan fingerprint density at radius 1 is 1.10 bits per heavy atom. The maximum absolute atomic E-state index is 12.2. The van der Waals surface area contributed by atoms with Crippen LogP contribution in [0, 0.1) is 0 Å². The molecule has 0 aromatic rings. The number of amides is 2. The number of hydrogen-bond donors (Lipinski definition) is 2. The van der Waals surface area contributed by atoms with Gasteiger partial charge in [0.05, 0.1) is 6.54 Å². The Morgan fingerprint density at radius 3 is 2.10 bits per heavy atom. The lowest BCUT2D eigenvalue weighted by atomic mass is 10.1. The Bertz CT molecular complexity index is 343. The normalized spacial score (nSPS) is 12.0. The van der Waals surface area contributed by atoms with Gasteiger partial charge < -0.3 is 20.3 Å². The topological polar surface area (TPSA) is 70.7 Å². The third-order valence-corrected chi connectivity index (χ3v) is 2.60. The molecule has 0 aliphatic rings. The van der Waals surface area contributed by atoms with E-state index in [0.29, 0.717) is 19.6 Å². The molecule has 0 rings (SSSR count). The van der Waals surface area contributed by atoms with Crippen LogP contribution in [0.2, 0.25) is 0 Å². The van der Waals surface area contributed by atoms with Crippen molar-refractivity contribution in [1.29, 1.82) is 0 Å². The first-order valence-electron chi connectivity index (χ1n) is 7.45. The van der Waals surface area contributed by atoms with E-state index in [9.17, 15) is 9.59 Å². The third-order valence-electron chi connectivity index (χ3n) is 2.60. The van der Waals surface area contributed by atoms with Crippen LogP contribution in [-0.2, 0) is 9.53 Å². The molecule has 0 aliphatic heterocycles. The molecule has 6 nitrogen and oxygen atoms in total. The highest BCUT2D eigenvalue weighted by Gasteiger charge is 2.30. The molecule has 0 radical (unpaired) electrons. The molecule has 0 bridgehead atoms. The van der Waals surface area contributed by atoms with Crippen molar-refractivity contribution in [2.24, 2.45) is 0 Å². The summed E-state index contributed by atoms with van der Waals surface area (Å²) in [5, 5.41) is 5.74. The summed E-state index contributed by atoms with van der Waals surface area (Å²) in [6.07, 6.45) is -0.338. The number of nitrogens with one attached hydrogen (secondary N) is 2. The zero-order valence-corrected chi connectivity index (χ0v) is 14.5. The standard InChI is InChI=1S/C15H31N3O3/c1-8-17-12(19)11-16-9-10-18(14(2,3)4)13(20)21-15(5,6)7/h16H,8-11H2,1-7H3,(H,17,19). The molecule has 0 aromatic carbocycles. The Balaban J connectivity index is 4.40. The lowest BCUT2D eigenvalue weighted by Gasteiger charge is -2.36. The summed E-state index contributed by atoms with van der Waals surface area (Å²) in [7, 11) is 0. The van der Waals surface area contributed by atoms with Crippen molar-refractivity contribution in [3.63, 3.8) is 0 Å². The number of likely N-dealkylation sites (N-methyl/N-ethyl adjacent to an activating group) is 1. The molecule has 0 unspecified atom stereocenters. The lowest BCUT2D eigenvalue weighted by molar-refractivity contribution is -0.120. The van der Waals surface area contributed by atoms with E-state index in [4.69, 9.17) is 4.74 Å². The van der Waals surface area contributed by atoms with Gasteiger partial charge in [-0.25, -0.2) is 4.79 Å². The number of rotatable bonds is 6. The van der Waals surface area contributed by atoms with Crippen LogP contribution >= 0.6 is 0 Å². The van der Waals surface area contributed by atoms with Crippen molar-refractivity contribution in [2.75, 3.05) is 26.2 Å². The van der Waals surface area contributed by atoms with Gasteiger partial charge in [-0.15, -0.1) is 0 Å². The molecule has 0 spiro atoms. The first-order chi connectivity index (χ1) is 9.47. The summed E-state index contributed by atoms with van der Waals surface area (Å²) in [6, 6.07) is 0. The largest absolute Gasteiger partial charge is 0.444 e.